The molecule has 3 rings (SSSR count). The largest absolute Gasteiger partial charge is 0.469 e. The SMILES string of the molecule is COC(=O)CCCNC(=O)OCC1CC2=C(C(N)=CC=NC(F)F)CN=C(c3nccs3)N2C1. The zero-order chi connectivity index (χ0) is 24.5. The van der Waals surface area contributed by atoms with Crippen molar-refractivity contribution < 1.29 is 27.8 Å². The van der Waals surface area contributed by atoms with Crippen LogP contribution in [-0.2, 0) is 14.3 Å². The fourth-order valence-corrected chi connectivity index (χ4v) is 4.25. The van der Waals surface area contributed by atoms with Crippen LogP contribution in [0.3, 0.4) is 0 Å². The first-order valence-corrected chi connectivity index (χ1v) is 11.5. The number of methoxy groups -OCH3 is 1. The topological polar surface area (TPSA) is 132 Å². The van der Waals surface area contributed by atoms with Crippen LogP contribution >= 0.6 is 11.3 Å². The molecule has 2 aliphatic heterocycles. The number of nitrogens with zero attached hydrogens (tertiary/aromatic N) is 4. The molecule has 0 radical (unpaired) electrons. The number of alkyl carbamates (subject to hydrolysis) is 1. The lowest BCUT2D eigenvalue weighted by Crippen LogP contribution is -2.34. The van der Waals surface area contributed by atoms with Gasteiger partial charge in [0.15, 0.2) is 10.8 Å². The summed E-state index contributed by atoms with van der Waals surface area (Å²) in [4.78, 5) is 37.1. The number of thiazole rings is 1. The van der Waals surface area contributed by atoms with Gasteiger partial charge in [0.1, 0.15) is 0 Å². The van der Waals surface area contributed by atoms with Crippen molar-refractivity contribution in [1.29, 1.82) is 0 Å². The van der Waals surface area contributed by atoms with Crippen LogP contribution < -0.4 is 11.1 Å². The summed E-state index contributed by atoms with van der Waals surface area (Å²) in [6.07, 6.45) is 4.67. The number of hydrogen-bond acceptors (Lipinski definition) is 10. The van der Waals surface area contributed by atoms with Gasteiger partial charge in [0.2, 0.25) is 0 Å². The van der Waals surface area contributed by atoms with E-state index in [0.29, 0.717) is 37.5 Å². The minimum atomic E-state index is -2.81. The lowest BCUT2D eigenvalue weighted by Gasteiger charge is -2.27. The molecule has 0 aromatic carbocycles. The third-order valence-electron chi connectivity index (χ3n) is 5.17. The molecule has 0 aliphatic carbocycles. The molecule has 1 amide bonds. The molecule has 1 aromatic heterocycles. The highest BCUT2D eigenvalue weighted by molar-refractivity contribution is 7.11. The number of alkyl halides is 2. The fourth-order valence-electron chi connectivity index (χ4n) is 3.59. The van der Waals surface area contributed by atoms with Crippen molar-refractivity contribution in [2.45, 2.75) is 25.8 Å². The first-order valence-electron chi connectivity index (χ1n) is 10.6. The summed E-state index contributed by atoms with van der Waals surface area (Å²) in [5.41, 5.74) is 8.07. The van der Waals surface area contributed by atoms with Gasteiger partial charge in [0, 0.05) is 60.2 Å². The van der Waals surface area contributed by atoms with Gasteiger partial charge < -0.3 is 25.4 Å². The average Bonchev–Trinajstić information content (AvgIpc) is 3.49. The Balaban J connectivity index is 1.64. The number of amides is 1. The summed E-state index contributed by atoms with van der Waals surface area (Å²) < 4.78 is 34.5. The van der Waals surface area contributed by atoms with Crippen molar-refractivity contribution in [2.75, 3.05) is 33.4 Å². The zero-order valence-electron chi connectivity index (χ0n) is 18.6. The van der Waals surface area contributed by atoms with E-state index >= 15 is 0 Å². The van der Waals surface area contributed by atoms with Crippen molar-refractivity contribution >= 4 is 35.4 Å². The van der Waals surface area contributed by atoms with E-state index in [1.54, 1.807) is 6.20 Å². The minimum absolute atomic E-state index is 0.0309. The third kappa shape index (κ3) is 6.83. The number of esters is 1. The quantitative estimate of drug-likeness (QED) is 0.220. The minimum Gasteiger partial charge on any atom is -0.469 e. The predicted molar refractivity (Wildman–Crippen MR) is 123 cm³/mol. The smallest absolute Gasteiger partial charge is 0.407 e. The second-order valence-electron chi connectivity index (χ2n) is 7.49. The average molecular weight is 497 g/mol. The monoisotopic (exact) mass is 496 g/mol. The molecule has 34 heavy (non-hydrogen) atoms. The Morgan fingerprint density at radius 2 is 2.29 bits per heavy atom. The standard InChI is InChI=1S/C21H26F2N6O4S/c1-32-17(30)3-2-5-27-21(31)33-12-13-9-16-14(15(24)4-6-26-20(22)23)10-28-18(29(16)11-13)19-25-7-8-34-19/h4,6-8,13,20H,2-3,5,9-12,24H2,1H3,(H,27,31). The lowest BCUT2D eigenvalue weighted by molar-refractivity contribution is -0.140. The molecule has 3 N–H and O–H groups in total. The van der Waals surface area contributed by atoms with Crippen LogP contribution in [0.4, 0.5) is 13.6 Å². The predicted octanol–water partition coefficient (Wildman–Crippen LogP) is 2.29. The Labute approximate surface area is 199 Å². The van der Waals surface area contributed by atoms with Crippen molar-refractivity contribution in [1.82, 2.24) is 15.2 Å². The summed E-state index contributed by atoms with van der Waals surface area (Å²) in [7, 11) is 1.31. The highest BCUT2D eigenvalue weighted by atomic mass is 32.1. The van der Waals surface area contributed by atoms with Gasteiger partial charge >= 0.3 is 18.6 Å². The van der Waals surface area contributed by atoms with Gasteiger partial charge in [0.25, 0.3) is 0 Å². The van der Waals surface area contributed by atoms with E-state index in [1.165, 1.54) is 24.5 Å². The summed E-state index contributed by atoms with van der Waals surface area (Å²) in [5.74, 6) is 0.336. The molecule has 0 saturated carbocycles. The van der Waals surface area contributed by atoms with Crippen LogP contribution in [0, 0.1) is 5.92 Å². The molecule has 3 heterocycles. The van der Waals surface area contributed by atoms with E-state index < -0.39 is 12.6 Å². The molecule has 1 saturated heterocycles. The number of ether oxygens (including phenoxy) is 2. The van der Waals surface area contributed by atoms with Gasteiger partial charge in [-0.3, -0.25) is 9.79 Å². The van der Waals surface area contributed by atoms with Crippen LogP contribution in [0.1, 0.15) is 24.3 Å². The summed E-state index contributed by atoms with van der Waals surface area (Å²) in [6, 6.07) is 0. The molecule has 184 valence electrons. The Kier molecular flexibility index (Phi) is 9.08. The Bertz CT molecular complexity index is 993. The molecular formula is C21H26F2N6O4S. The number of halogens is 2. The van der Waals surface area contributed by atoms with Gasteiger partial charge in [-0.2, -0.15) is 8.78 Å². The molecule has 1 aromatic rings. The number of hydrogen-bond donors (Lipinski definition) is 2. The second-order valence-corrected chi connectivity index (χ2v) is 8.38. The summed E-state index contributed by atoms with van der Waals surface area (Å²) >= 11 is 1.45. The molecule has 13 heteroatoms. The maximum Gasteiger partial charge on any atom is 0.407 e. The van der Waals surface area contributed by atoms with E-state index in [1.807, 2.05) is 10.3 Å². The van der Waals surface area contributed by atoms with Gasteiger partial charge in [0.05, 0.1) is 20.3 Å². The normalized spacial score (nSPS) is 18.4. The van der Waals surface area contributed by atoms with Crippen LogP contribution in [0.15, 0.2) is 44.6 Å². The number of nitrogens with two attached hydrogens (primary N) is 1. The zero-order valence-corrected chi connectivity index (χ0v) is 19.4. The highest BCUT2D eigenvalue weighted by Gasteiger charge is 2.36. The molecule has 1 fully saturated rings. The van der Waals surface area contributed by atoms with Gasteiger partial charge in [-0.05, 0) is 18.9 Å². The number of allylic oxidation sites excluding steroid dienone is 2. The molecular weight excluding hydrogens is 470 g/mol. The van der Waals surface area contributed by atoms with Crippen molar-refractivity contribution in [2.24, 2.45) is 21.6 Å². The van der Waals surface area contributed by atoms with Crippen LogP contribution in [0.2, 0.25) is 0 Å². The number of carbonyl (C=O) groups is 2. The van der Waals surface area contributed by atoms with Gasteiger partial charge in [-0.15, -0.1) is 11.3 Å². The van der Waals surface area contributed by atoms with Crippen LogP contribution in [0.5, 0.6) is 0 Å². The van der Waals surface area contributed by atoms with E-state index in [0.717, 1.165) is 22.5 Å². The molecule has 1 atom stereocenters. The maximum absolute atomic E-state index is 12.3. The Morgan fingerprint density at radius 1 is 1.47 bits per heavy atom. The number of aromatic nitrogens is 1. The van der Waals surface area contributed by atoms with Crippen LogP contribution in [0.25, 0.3) is 0 Å². The Morgan fingerprint density at radius 3 is 3.00 bits per heavy atom. The number of carbonyl (C=O) groups excluding carboxylic acids is 2. The lowest BCUT2D eigenvalue weighted by atomic mass is 10.0. The van der Waals surface area contributed by atoms with E-state index in [-0.39, 0.29) is 31.5 Å². The van der Waals surface area contributed by atoms with E-state index in [2.05, 4.69) is 25.0 Å². The molecule has 0 bridgehead atoms. The molecule has 1 unspecified atom stereocenters. The third-order valence-corrected chi connectivity index (χ3v) is 5.94. The second kappa shape index (κ2) is 12.2. The van der Waals surface area contributed by atoms with E-state index in [9.17, 15) is 18.4 Å². The fraction of sp³-hybridized carbons (Fsp3) is 0.476. The van der Waals surface area contributed by atoms with E-state index in [4.69, 9.17) is 10.5 Å². The number of rotatable bonds is 10. The maximum atomic E-state index is 12.3. The number of fused-ring (bicyclic) bond motifs is 1. The molecule has 10 nitrogen and oxygen atoms in total. The Hall–Kier alpha value is -3.35. The van der Waals surface area contributed by atoms with Crippen LogP contribution in [-0.4, -0.2) is 73.9 Å². The van der Waals surface area contributed by atoms with Crippen molar-refractivity contribution in [3.63, 3.8) is 0 Å². The molecule has 2 aliphatic rings. The first-order chi connectivity index (χ1) is 16.4. The summed E-state index contributed by atoms with van der Waals surface area (Å²) in [5, 5.41) is 5.21. The number of aliphatic imine (C=N–C) groups is 2. The van der Waals surface area contributed by atoms with Crippen molar-refractivity contribution in [3.8, 4) is 0 Å². The number of nitrogens with one attached hydrogen (secondary N) is 1. The summed E-state index contributed by atoms with van der Waals surface area (Å²) in [6.45, 7) is -1.54. The van der Waals surface area contributed by atoms with Gasteiger partial charge in [-0.1, -0.05) is 0 Å². The van der Waals surface area contributed by atoms with Crippen molar-refractivity contribution in [3.05, 3.63) is 39.6 Å². The highest BCUT2D eigenvalue weighted by Crippen LogP contribution is 2.35. The number of amidine groups is 1. The van der Waals surface area contributed by atoms with Gasteiger partial charge in [-0.25, -0.2) is 14.8 Å². The first kappa shape index (κ1) is 25.3. The molecule has 0 spiro atoms.